The van der Waals surface area contributed by atoms with Crippen LogP contribution in [0.25, 0.3) is 0 Å². The number of amides is 2. The molecule has 8 heteroatoms. The first-order valence-corrected chi connectivity index (χ1v) is 10.2. The normalized spacial score (nSPS) is 16.4. The number of piperazine rings is 1. The van der Waals surface area contributed by atoms with Gasteiger partial charge in [0.2, 0.25) is 5.91 Å². The molecule has 2 N–H and O–H groups in total. The molecule has 7 nitrogen and oxygen atoms in total. The van der Waals surface area contributed by atoms with Crippen LogP contribution < -0.4 is 10.6 Å². The number of benzene rings is 1. The Balaban J connectivity index is 0.00000320. The van der Waals surface area contributed by atoms with Gasteiger partial charge in [0.05, 0.1) is 6.54 Å². The summed E-state index contributed by atoms with van der Waals surface area (Å²) in [6.45, 7) is 8.03. The molecule has 0 aliphatic carbocycles. The third kappa shape index (κ3) is 6.01. The van der Waals surface area contributed by atoms with E-state index >= 15 is 0 Å². The summed E-state index contributed by atoms with van der Waals surface area (Å²) >= 11 is 0. The van der Waals surface area contributed by atoms with Crippen molar-refractivity contribution in [1.29, 1.82) is 0 Å². The van der Waals surface area contributed by atoms with E-state index in [0.717, 1.165) is 25.2 Å². The second-order valence-corrected chi connectivity index (χ2v) is 7.08. The predicted octanol–water partition coefficient (Wildman–Crippen LogP) is 2.57. The molecule has 2 aromatic rings. The number of anilines is 1. The third-order valence-corrected chi connectivity index (χ3v) is 5.24. The molecule has 1 aromatic heterocycles. The van der Waals surface area contributed by atoms with Crippen molar-refractivity contribution in [2.45, 2.75) is 19.9 Å². The average molecular weight is 432 g/mol. The van der Waals surface area contributed by atoms with Crippen LogP contribution >= 0.6 is 12.4 Å². The first-order valence-electron chi connectivity index (χ1n) is 10.2. The SMILES string of the molecule is CCN(CC)C(=O)c1ccc(NC(=O)CN2CCNCC2c2cccnc2)cc1.Cl. The Morgan fingerprint density at radius 1 is 1.20 bits per heavy atom. The van der Waals surface area contributed by atoms with Gasteiger partial charge in [0, 0.05) is 62.4 Å². The van der Waals surface area contributed by atoms with Gasteiger partial charge < -0.3 is 15.5 Å². The number of halogens is 1. The molecule has 0 bridgehead atoms. The Hall–Kier alpha value is -2.48. The van der Waals surface area contributed by atoms with Crippen LogP contribution in [0.4, 0.5) is 5.69 Å². The average Bonchev–Trinajstić information content (AvgIpc) is 2.76. The fourth-order valence-electron chi connectivity index (χ4n) is 3.61. The molecular formula is C22H30ClN5O2. The minimum atomic E-state index is -0.0661. The summed E-state index contributed by atoms with van der Waals surface area (Å²) in [5, 5.41) is 6.33. The van der Waals surface area contributed by atoms with Gasteiger partial charge in [0.15, 0.2) is 0 Å². The number of nitrogens with zero attached hydrogens (tertiary/aromatic N) is 3. The van der Waals surface area contributed by atoms with Gasteiger partial charge in [-0.3, -0.25) is 19.5 Å². The third-order valence-electron chi connectivity index (χ3n) is 5.24. The van der Waals surface area contributed by atoms with Crippen LogP contribution in [0.3, 0.4) is 0 Å². The first kappa shape index (κ1) is 23.8. The second-order valence-electron chi connectivity index (χ2n) is 7.08. The highest BCUT2D eigenvalue weighted by Crippen LogP contribution is 2.21. The van der Waals surface area contributed by atoms with Crippen molar-refractivity contribution in [3.05, 3.63) is 59.9 Å². The monoisotopic (exact) mass is 431 g/mol. The lowest BCUT2D eigenvalue weighted by molar-refractivity contribution is -0.118. The molecule has 1 atom stereocenters. The largest absolute Gasteiger partial charge is 0.339 e. The van der Waals surface area contributed by atoms with E-state index < -0.39 is 0 Å². The molecule has 1 aromatic carbocycles. The van der Waals surface area contributed by atoms with Crippen molar-refractivity contribution in [3.8, 4) is 0 Å². The molecule has 1 saturated heterocycles. The van der Waals surface area contributed by atoms with Gasteiger partial charge in [-0.05, 0) is 49.7 Å². The van der Waals surface area contributed by atoms with Gasteiger partial charge in [-0.2, -0.15) is 0 Å². The molecule has 0 spiro atoms. The Kier molecular flexibility index (Phi) is 9.23. The van der Waals surface area contributed by atoms with Crippen molar-refractivity contribution >= 4 is 29.9 Å². The topological polar surface area (TPSA) is 77.6 Å². The van der Waals surface area contributed by atoms with Gasteiger partial charge in [-0.15, -0.1) is 12.4 Å². The lowest BCUT2D eigenvalue weighted by atomic mass is 10.1. The van der Waals surface area contributed by atoms with E-state index in [2.05, 4.69) is 20.5 Å². The highest BCUT2D eigenvalue weighted by atomic mass is 35.5. The van der Waals surface area contributed by atoms with Crippen LogP contribution in [0.1, 0.15) is 35.8 Å². The predicted molar refractivity (Wildman–Crippen MR) is 121 cm³/mol. The molecule has 30 heavy (non-hydrogen) atoms. The zero-order chi connectivity index (χ0) is 20.6. The van der Waals surface area contributed by atoms with E-state index in [-0.39, 0.29) is 30.3 Å². The number of carbonyl (C=O) groups excluding carboxylic acids is 2. The van der Waals surface area contributed by atoms with Crippen molar-refractivity contribution in [3.63, 3.8) is 0 Å². The number of nitrogens with one attached hydrogen (secondary N) is 2. The zero-order valence-electron chi connectivity index (χ0n) is 17.5. The minimum Gasteiger partial charge on any atom is -0.339 e. The summed E-state index contributed by atoms with van der Waals surface area (Å²) in [5.41, 5.74) is 2.43. The number of hydrogen-bond acceptors (Lipinski definition) is 5. The van der Waals surface area contributed by atoms with E-state index in [9.17, 15) is 9.59 Å². The van der Waals surface area contributed by atoms with Gasteiger partial charge >= 0.3 is 0 Å². The summed E-state index contributed by atoms with van der Waals surface area (Å²) in [6.07, 6.45) is 3.61. The summed E-state index contributed by atoms with van der Waals surface area (Å²) in [5.74, 6) is -0.0587. The lowest BCUT2D eigenvalue weighted by Gasteiger charge is -2.35. The number of pyridine rings is 1. The summed E-state index contributed by atoms with van der Waals surface area (Å²) in [4.78, 5) is 33.2. The minimum absolute atomic E-state index is 0. The fourth-order valence-corrected chi connectivity index (χ4v) is 3.61. The number of rotatable bonds is 7. The fraction of sp³-hybridized carbons (Fsp3) is 0.409. The Bertz CT molecular complexity index is 812. The maximum absolute atomic E-state index is 12.6. The lowest BCUT2D eigenvalue weighted by Crippen LogP contribution is -2.48. The van der Waals surface area contributed by atoms with Crippen LogP contribution in [-0.4, -0.2) is 65.9 Å². The van der Waals surface area contributed by atoms with Crippen LogP contribution in [0, 0.1) is 0 Å². The smallest absolute Gasteiger partial charge is 0.253 e. The maximum atomic E-state index is 12.6. The van der Waals surface area contributed by atoms with E-state index in [0.29, 0.717) is 30.9 Å². The maximum Gasteiger partial charge on any atom is 0.253 e. The van der Waals surface area contributed by atoms with Crippen molar-refractivity contribution < 1.29 is 9.59 Å². The van der Waals surface area contributed by atoms with E-state index in [1.807, 2.05) is 32.2 Å². The number of hydrogen-bond donors (Lipinski definition) is 2. The van der Waals surface area contributed by atoms with Gasteiger partial charge in [-0.25, -0.2) is 0 Å². The van der Waals surface area contributed by atoms with Crippen molar-refractivity contribution in [2.75, 3.05) is 44.6 Å². The van der Waals surface area contributed by atoms with Crippen LogP contribution in [0.2, 0.25) is 0 Å². The van der Waals surface area contributed by atoms with Gasteiger partial charge in [0.25, 0.3) is 5.91 Å². The summed E-state index contributed by atoms with van der Waals surface area (Å²) in [7, 11) is 0. The number of aromatic nitrogens is 1. The Morgan fingerprint density at radius 3 is 2.57 bits per heavy atom. The molecule has 1 aliphatic heterocycles. The summed E-state index contributed by atoms with van der Waals surface area (Å²) < 4.78 is 0. The Morgan fingerprint density at radius 2 is 1.93 bits per heavy atom. The molecule has 1 aliphatic rings. The van der Waals surface area contributed by atoms with Crippen molar-refractivity contribution in [2.24, 2.45) is 0 Å². The second kappa shape index (κ2) is 11.6. The van der Waals surface area contributed by atoms with Gasteiger partial charge in [-0.1, -0.05) is 6.07 Å². The molecule has 162 valence electrons. The van der Waals surface area contributed by atoms with E-state index in [4.69, 9.17) is 0 Å². The molecule has 1 fully saturated rings. The number of carbonyl (C=O) groups is 2. The standard InChI is InChI=1S/C22H29N5O2.ClH/c1-3-26(4-2)22(29)17-7-9-19(10-8-17)25-21(28)16-27-13-12-24-15-20(27)18-6-5-11-23-14-18;/h5-11,14,20,24H,3-4,12-13,15-16H2,1-2H3,(H,25,28);1H. The van der Waals surface area contributed by atoms with Crippen LogP contribution in [-0.2, 0) is 4.79 Å². The van der Waals surface area contributed by atoms with Crippen molar-refractivity contribution in [1.82, 2.24) is 20.1 Å². The first-order chi connectivity index (χ1) is 14.1. The highest BCUT2D eigenvalue weighted by Gasteiger charge is 2.25. The molecule has 0 saturated carbocycles. The molecule has 1 unspecified atom stereocenters. The van der Waals surface area contributed by atoms with Crippen LogP contribution in [0.5, 0.6) is 0 Å². The molecule has 3 rings (SSSR count). The Labute approximate surface area is 184 Å². The van der Waals surface area contributed by atoms with E-state index in [1.54, 1.807) is 35.4 Å². The zero-order valence-corrected chi connectivity index (χ0v) is 18.3. The molecule has 2 heterocycles. The van der Waals surface area contributed by atoms with Gasteiger partial charge in [0.1, 0.15) is 0 Å². The molecular weight excluding hydrogens is 402 g/mol. The highest BCUT2D eigenvalue weighted by molar-refractivity contribution is 5.96. The molecule has 0 radical (unpaired) electrons. The van der Waals surface area contributed by atoms with E-state index in [1.165, 1.54) is 0 Å². The summed E-state index contributed by atoms with van der Waals surface area (Å²) in [6, 6.07) is 11.2. The molecule has 2 amide bonds. The van der Waals surface area contributed by atoms with Crippen LogP contribution in [0.15, 0.2) is 48.8 Å². The quantitative estimate of drug-likeness (QED) is 0.704.